The van der Waals surface area contributed by atoms with Crippen LogP contribution in [0, 0.1) is 5.92 Å². The van der Waals surface area contributed by atoms with Gasteiger partial charge in [-0.2, -0.15) is 4.98 Å². The van der Waals surface area contributed by atoms with Gasteiger partial charge in [-0.25, -0.2) is 4.98 Å². The first-order valence-corrected chi connectivity index (χ1v) is 10.4. The van der Waals surface area contributed by atoms with Crippen molar-refractivity contribution < 1.29 is 9.26 Å². The predicted octanol–water partition coefficient (Wildman–Crippen LogP) is 4.64. The Labute approximate surface area is 161 Å². The third-order valence-electron chi connectivity index (χ3n) is 5.52. The zero-order valence-corrected chi connectivity index (χ0v) is 16.4. The number of rotatable bonds is 6. The molecule has 146 valence electrons. The van der Waals surface area contributed by atoms with E-state index in [-0.39, 0.29) is 6.04 Å². The van der Waals surface area contributed by atoms with Crippen molar-refractivity contribution in [1.29, 1.82) is 0 Å². The Morgan fingerprint density at radius 3 is 2.74 bits per heavy atom. The monoisotopic (exact) mass is 370 g/mol. The molecule has 2 fully saturated rings. The minimum Gasteiger partial charge on any atom is -0.474 e. The van der Waals surface area contributed by atoms with Crippen LogP contribution in [0.5, 0.6) is 5.88 Å². The summed E-state index contributed by atoms with van der Waals surface area (Å²) in [6.45, 7) is 6.67. The highest BCUT2D eigenvalue weighted by molar-refractivity contribution is 5.53. The van der Waals surface area contributed by atoms with Crippen LogP contribution in [-0.2, 0) is 0 Å². The quantitative estimate of drug-likeness (QED) is 0.738. The lowest BCUT2D eigenvalue weighted by Gasteiger charge is -2.23. The van der Waals surface area contributed by atoms with Crippen LogP contribution in [0.2, 0.25) is 0 Å². The highest BCUT2D eigenvalue weighted by Crippen LogP contribution is 2.32. The Morgan fingerprint density at radius 2 is 2.00 bits per heavy atom. The molecule has 1 saturated carbocycles. The maximum Gasteiger partial charge on any atom is 0.244 e. The number of pyridine rings is 1. The summed E-state index contributed by atoms with van der Waals surface area (Å²) in [7, 11) is 0. The summed E-state index contributed by atoms with van der Waals surface area (Å²) in [5.74, 6) is 2.66. The van der Waals surface area contributed by atoms with Gasteiger partial charge >= 0.3 is 0 Å². The van der Waals surface area contributed by atoms with E-state index in [0.29, 0.717) is 23.7 Å². The Hall–Kier alpha value is -1.95. The van der Waals surface area contributed by atoms with Crippen LogP contribution in [-0.4, -0.2) is 39.2 Å². The molecule has 1 aliphatic heterocycles. The maximum atomic E-state index is 6.00. The van der Waals surface area contributed by atoms with Gasteiger partial charge in [0.25, 0.3) is 0 Å². The Morgan fingerprint density at radius 1 is 1.15 bits per heavy atom. The van der Waals surface area contributed by atoms with E-state index in [2.05, 4.69) is 33.9 Å². The SMILES string of the molecule is CC(C)CN1CCCC1c1nc(-c2ccc(OC3CCCCC3)nc2)no1. The largest absolute Gasteiger partial charge is 0.474 e. The van der Waals surface area contributed by atoms with Crippen molar-refractivity contribution in [2.45, 2.75) is 70.9 Å². The summed E-state index contributed by atoms with van der Waals surface area (Å²) in [5, 5.41) is 4.20. The molecule has 4 rings (SSSR count). The Bertz CT molecular complexity index is 722. The summed E-state index contributed by atoms with van der Waals surface area (Å²) >= 11 is 0. The van der Waals surface area contributed by atoms with Crippen molar-refractivity contribution in [3.63, 3.8) is 0 Å². The summed E-state index contributed by atoms with van der Waals surface area (Å²) in [6, 6.07) is 4.14. The molecule has 2 aromatic rings. The third-order valence-corrected chi connectivity index (χ3v) is 5.52. The van der Waals surface area contributed by atoms with E-state index in [1.54, 1.807) is 6.20 Å². The molecule has 27 heavy (non-hydrogen) atoms. The molecular weight excluding hydrogens is 340 g/mol. The van der Waals surface area contributed by atoms with Crippen LogP contribution in [0.3, 0.4) is 0 Å². The highest BCUT2D eigenvalue weighted by Gasteiger charge is 2.31. The van der Waals surface area contributed by atoms with E-state index >= 15 is 0 Å². The lowest BCUT2D eigenvalue weighted by Crippen LogP contribution is -2.27. The zero-order valence-electron chi connectivity index (χ0n) is 16.4. The number of likely N-dealkylation sites (tertiary alicyclic amines) is 1. The maximum absolute atomic E-state index is 6.00. The molecule has 0 bridgehead atoms. The van der Waals surface area contributed by atoms with Gasteiger partial charge in [0.1, 0.15) is 6.10 Å². The summed E-state index contributed by atoms with van der Waals surface area (Å²) in [5.41, 5.74) is 0.870. The smallest absolute Gasteiger partial charge is 0.244 e. The van der Waals surface area contributed by atoms with Crippen molar-refractivity contribution in [2.75, 3.05) is 13.1 Å². The number of aromatic nitrogens is 3. The van der Waals surface area contributed by atoms with Crippen molar-refractivity contribution in [3.05, 3.63) is 24.2 Å². The van der Waals surface area contributed by atoms with Gasteiger partial charge in [0.2, 0.25) is 17.6 Å². The predicted molar refractivity (Wildman–Crippen MR) is 103 cm³/mol. The normalized spacial score (nSPS) is 21.8. The first kappa shape index (κ1) is 18.4. The van der Waals surface area contributed by atoms with Gasteiger partial charge in [-0.1, -0.05) is 25.4 Å². The minimum absolute atomic E-state index is 0.246. The molecule has 0 amide bonds. The average molecular weight is 370 g/mol. The second-order valence-electron chi connectivity index (χ2n) is 8.27. The third kappa shape index (κ3) is 4.49. The van der Waals surface area contributed by atoms with E-state index in [4.69, 9.17) is 9.26 Å². The average Bonchev–Trinajstić information content (AvgIpc) is 3.32. The molecule has 1 saturated heterocycles. The van der Waals surface area contributed by atoms with Gasteiger partial charge < -0.3 is 9.26 Å². The molecular formula is C21H30N4O2. The summed E-state index contributed by atoms with van der Waals surface area (Å²) in [6.07, 6.45) is 10.5. The number of nitrogens with zero attached hydrogens (tertiary/aromatic N) is 4. The molecule has 2 aromatic heterocycles. The second kappa shape index (κ2) is 8.38. The standard InChI is InChI=1S/C21H30N4O2/c1-15(2)14-25-12-6-9-18(25)21-23-20(24-27-21)16-10-11-19(22-13-16)26-17-7-4-3-5-8-17/h10-11,13,15,17-18H,3-9,12,14H2,1-2H3. The van der Waals surface area contributed by atoms with Crippen molar-refractivity contribution >= 4 is 0 Å². The first-order valence-electron chi connectivity index (χ1n) is 10.4. The van der Waals surface area contributed by atoms with Crippen LogP contribution in [0.15, 0.2) is 22.9 Å². The van der Waals surface area contributed by atoms with E-state index in [0.717, 1.165) is 43.8 Å². The molecule has 6 heteroatoms. The van der Waals surface area contributed by atoms with Gasteiger partial charge in [-0.15, -0.1) is 0 Å². The molecule has 0 radical (unpaired) electrons. The number of hydrogen-bond acceptors (Lipinski definition) is 6. The van der Waals surface area contributed by atoms with Crippen molar-refractivity contribution in [2.24, 2.45) is 5.92 Å². The van der Waals surface area contributed by atoms with Gasteiger partial charge in [0, 0.05) is 24.4 Å². The molecule has 0 spiro atoms. The Kier molecular flexibility index (Phi) is 5.72. The van der Waals surface area contributed by atoms with E-state index in [1.807, 2.05) is 12.1 Å². The molecule has 1 unspecified atom stereocenters. The fourth-order valence-electron chi connectivity index (χ4n) is 4.22. The van der Waals surface area contributed by atoms with Gasteiger partial charge in [0.15, 0.2) is 0 Å². The topological polar surface area (TPSA) is 64.3 Å². The van der Waals surface area contributed by atoms with Gasteiger partial charge in [-0.05, 0) is 57.1 Å². The van der Waals surface area contributed by atoms with Crippen LogP contribution >= 0.6 is 0 Å². The second-order valence-corrected chi connectivity index (χ2v) is 8.27. The highest BCUT2D eigenvalue weighted by atomic mass is 16.5. The molecule has 0 N–H and O–H groups in total. The molecule has 6 nitrogen and oxygen atoms in total. The lowest BCUT2D eigenvalue weighted by molar-refractivity contribution is 0.148. The van der Waals surface area contributed by atoms with E-state index in [1.165, 1.54) is 25.7 Å². The van der Waals surface area contributed by atoms with Gasteiger partial charge in [0.05, 0.1) is 6.04 Å². The summed E-state index contributed by atoms with van der Waals surface area (Å²) in [4.78, 5) is 11.6. The van der Waals surface area contributed by atoms with Crippen LogP contribution in [0.4, 0.5) is 0 Å². The van der Waals surface area contributed by atoms with Crippen molar-refractivity contribution in [3.8, 4) is 17.3 Å². The molecule has 1 aliphatic carbocycles. The fraction of sp³-hybridized carbons (Fsp3) is 0.667. The molecule has 1 atom stereocenters. The Balaban J connectivity index is 1.42. The number of hydrogen-bond donors (Lipinski definition) is 0. The van der Waals surface area contributed by atoms with Crippen LogP contribution in [0.1, 0.15) is 70.7 Å². The molecule has 2 aliphatic rings. The fourth-order valence-corrected chi connectivity index (χ4v) is 4.22. The van der Waals surface area contributed by atoms with Gasteiger partial charge in [-0.3, -0.25) is 4.90 Å². The van der Waals surface area contributed by atoms with E-state index in [9.17, 15) is 0 Å². The lowest BCUT2D eigenvalue weighted by atomic mass is 9.98. The molecule has 0 aromatic carbocycles. The van der Waals surface area contributed by atoms with Crippen LogP contribution in [0.25, 0.3) is 11.4 Å². The summed E-state index contributed by atoms with van der Waals surface area (Å²) < 4.78 is 11.6. The van der Waals surface area contributed by atoms with Crippen LogP contribution < -0.4 is 4.74 Å². The van der Waals surface area contributed by atoms with Crippen molar-refractivity contribution in [1.82, 2.24) is 20.0 Å². The number of ether oxygens (including phenoxy) is 1. The molecule has 3 heterocycles. The zero-order chi connectivity index (χ0) is 18.6. The van der Waals surface area contributed by atoms with E-state index < -0.39 is 0 Å². The first-order chi connectivity index (χ1) is 13.2. The minimum atomic E-state index is 0.246.